The molecular formula is C34H37N9O5S. The Morgan fingerprint density at radius 1 is 1.14 bits per heavy atom. The highest BCUT2D eigenvalue weighted by molar-refractivity contribution is 7.14. The molecule has 0 saturated carbocycles. The number of hydrogen-bond donors (Lipinski definition) is 2. The van der Waals surface area contributed by atoms with Crippen molar-refractivity contribution in [3.8, 4) is 5.75 Å². The molecule has 0 aliphatic carbocycles. The summed E-state index contributed by atoms with van der Waals surface area (Å²) in [5.41, 5.74) is 2.21. The minimum atomic E-state index is -0.868. The van der Waals surface area contributed by atoms with E-state index in [9.17, 15) is 19.5 Å². The highest BCUT2D eigenvalue weighted by atomic mass is 32.1. The summed E-state index contributed by atoms with van der Waals surface area (Å²) in [4.78, 5) is 50.3. The summed E-state index contributed by atoms with van der Waals surface area (Å²) in [6, 6.07) is 10.7. The molecule has 254 valence electrons. The largest absolute Gasteiger partial charge is 0.497 e. The van der Waals surface area contributed by atoms with Gasteiger partial charge in [-0.3, -0.25) is 24.1 Å². The summed E-state index contributed by atoms with van der Waals surface area (Å²) in [6.07, 6.45) is 6.36. The van der Waals surface area contributed by atoms with Gasteiger partial charge in [0.2, 0.25) is 0 Å². The number of ether oxygens (including phenoxy) is 1. The second-order valence-corrected chi connectivity index (χ2v) is 13.8. The van der Waals surface area contributed by atoms with Crippen LogP contribution in [0.5, 0.6) is 5.75 Å². The SMILES string of the molecule is COc1ccc(Cn2nnnc2/C=C/c2c(N3CCCC(CC(=O)O)C3)nc3cc(C(=O)Nc4nc(C(C)(C)C)cs4)ccn3c2=O)cc1. The van der Waals surface area contributed by atoms with Crippen molar-refractivity contribution < 1.29 is 19.4 Å². The van der Waals surface area contributed by atoms with Gasteiger partial charge in [-0.1, -0.05) is 32.9 Å². The van der Waals surface area contributed by atoms with E-state index < -0.39 is 5.97 Å². The lowest BCUT2D eigenvalue weighted by atomic mass is 9.93. The van der Waals surface area contributed by atoms with Crippen LogP contribution in [0.2, 0.25) is 0 Å². The van der Waals surface area contributed by atoms with Crippen molar-refractivity contribution in [2.24, 2.45) is 5.92 Å². The number of tetrazole rings is 1. The lowest BCUT2D eigenvalue weighted by molar-refractivity contribution is -0.138. The smallest absolute Gasteiger partial charge is 0.303 e. The number of thiazole rings is 1. The summed E-state index contributed by atoms with van der Waals surface area (Å²) >= 11 is 1.35. The molecule has 4 aromatic heterocycles. The van der Waals surface area contributed by atoms with Crippen LogP contribution in [0.25, 0.3) is 17.8 Å². The molecule has 6 rings (SSSR count). The summed E-state index contributed by atoms with van der Waals surface area (Å²) in [7, 11) is 1.61. The number of methoxy groups -OCH3 is 1. The van der Waals surface area contributed by atoms with Crippen LogP contribution in [-0.4, -0.2) is 71.8 Å². The number of carbonyl (C=O) groups excluding carboxylic acids is 1. The third-order valence-corrected chi connectivity index (χ3v) is 9.09. The Bertz CT molecular complexity index is 2080. The highest BCUT2D eigenvalue weighted by Crippen LogP contribution is 2.28. The third-order valence-electron chi connectivity index (χ3n) is 8.33. The molecule has 15 heteroatoms. The fourth-order valence-electron chi connectivity index (χ4n) is 5.69. The van der Waals surface area contributed by atoms with E-state index in [0.717, 1.165) is 29.8 Å². The molecule has 1 saturated heterocycles. The van der Waals surface area contributed by atoms with Gasteiger partial charge in [0.15, 0.2) is 11.0 Å². The lowest BCUT2D eigenvalue weighted by Gasteiger charge is -2.33. The molecule has 1 atom stereocenters. The first-order chi connectivity index (χ1) is 23.5. The zero-order valence-electron chi connectivity index (χ0n) is 27.7. The van der Waals surface area contributed by atoms with Crippen LogP contribution in [0.4, 0.5) is 10.9 Å². The number of piperidine rings is 1. The second kappa shape index (κ2) is 14.0. The summed E-state index contributed by atoms with van der Waals surface area (Å²) < 4.78 is 8.25. The predicted molar refractivity (Wildman–Crippen MR) is 186 cm³/mol. The number of carbonyl (C=O) groups is 2. The van der Waals surface area contributed by atoms with E-state index in [1.807, 2.05) is 34.5 Å². The number of benzene rings is 1. The van der Waals surface area contributed by atoms with Gasteiger partial charge in [-0.2, -0.15) is 0 Å². The zero-order chi connectivity index (χ0) is 34.7. The van der Waals surface area contributed by atoms with Crippen molar-refractivity contribution in [3.05, 3.63) is 86.5 Å². The molecule has 1 aliphatic heterocycles. The van der Waals surface area contributed by atoms with E-state index in [4.69, 9.17) is 9.72 Å². The van der Waals surface area contributed by atoms with Gasteiger partial charge in [0.25, 0.3) is 11.5 Å². The van der Waals surface area contributed by atoms with Gasteiger partial charge < -0.3 is 14.7 Å². The van der Waals surface area contributed by atoms with E-state index >= 15 is 0 Å². The summed E-state index contributed by atoms with van der Waals surface area (Å²) in [6.45, 7) is 7.57. The summed E-state index contributed by atoms with van der Waals surface area (Å²) in [5, 5.41) is 26.8. The number of rotatable bonds is 10. The molecule has 0 bridgehead atoms. The van der Waals surface area contributed by atoms with Crippen molar-refractivity contribution >= 4 is 52.0 Å². The van der Waals surface area contributed by atoms with Crippen molar-refractivity contribution in [1.29, 1.82) is 0 Å². The first-order valence-corrected chi connectivity index (χ1v) is 16.7. The average Bonchev–Trinajstić information content (AvgIpc) is 3.74. The number of carboxylic acids is 1. The minimum absolute atomic E-state index is 0.0202. The molecule has 1 aliphatic rings. The minimum Gasteiger partial charge on any atom is -0.497 e. The molecule has 2 N–H and O–H groups in total. The van der Waals surface area contributed by atoms with Crippen molar-refractivity contribution in [3.63, 3.8) is 0 Å². The first kappa shape index (κ1) is 33.5. The standard InChI is InChI=1S/C34H37N9O5S/c1-34(2,3)26-20-49-33(35-26)37-31(46)23-13-15-42-28(17-23)36-30(41-14-5-6-22(18-41)16-29(44)45)25(32(42)47)11-12-27-38-39-40-43(27)19-21-7-9-24(48-4)10-8-21/h7-13,15,17,20,22H,5-6,14,16,18-19H2,1-4H3,(H,44,45)(H,35,37,46)/b12-11+. The van der Waals surface area contributed by atoms with Crippen molar-refractivity contribution in [2.45, 2.75) is 52.0 Å². The lowest BCUT2D eigenvalue weighted by Crippen LogP contribution is -2.38. The topological polar surface area (TPSA) is 170 Å². The van der Waals surface area contributed by atoms with Gasteiger partial charge in [0.1, 0.15) is 17.2 Å². The Labute approximate surface area is 286 Å². The maximum atomic E-state index is 14.1. The highest BCUT2D eigenvalue weighted by Gasteiger charge is 2.26. The maximum absolute atomic E-state index is 14.1. The van der Waals surface area contributed by atoms with Gasteiger partial charge in [0.05, 0.1) is 24.9 Å². The molecule has 1 amide bonds. The third kappa shape index (κ3) is 7.67. The second-order valence-electron chi connectivity index (χ2n) is 13.0. The summed E-state index contributed by atoms with van der Waals surface area (Å²) in [5.74, 6) is 0.222. The van der Waals surface area contributed by atoms with Crippen molar-refractivity contribution in [1.82, 2.24) is 34.6 Å². The molecule has 1 fully saturated rings. The Kier molecular flexibility index (Phi) is 9.53. The number of pyridine rings is 1. The van der Waals surface area contributed by atoms with Gasteiger partial charge in [-0.05, 0) is 71.2 Å². The zero-order valence-corrected chi connectivity index (χ0v) is 28.5. The monoisotopic (exact) mass is 683 g/mol. The van der Waals surface area contributed by atoms with E-state index in [1.54, 1.807) is 36.1 Å². The van der Waals surface area contributed by atoms with Crippen LogP contribution in [0.3, 0.4) is 0 Å². The number of aromatic nitrogens is 7. The molecular weight excluding hydrogens is 646 g/mol. The number of fused-ring (bicyclic) bond motifs is 1. The van der Waals surface area contributed by atoms with Gasteiger partial charge >= 0.3 is 5.97 Å². The van der Waals surface area contributed by atoms with Crippen LogP contribution in [0, 0.1) is 5.92 Å². The van der Waals surface area contributed by atoms with E-state index in [2.05, 4.69) is 46.6 Å². The van der Waals surface area contributed by atoms with E-state index in [1.165, 1.54) is 21.9 Å². The van der Waals surface area contributed by atoms with Crippen molar-refractivity contribution in [2.75, 3.05) is 30.4 Å². The average molecular weight is 684 g/mol. The Morgan fingerprint density at radius 3 is 2.65 bits per heavy atom. The van der Waals surface area contributed by atoms with E-state index in [0.29, 0.717) is 47.5 Å². The van der Waals surface area contributed by atoms with Gasteiger partial charge in [-0.25, -0.2) is 14.6 Å². The van der Waals surface area contributed by atoms with Crippen LogP contribution in [-0.2, 0) is 16.8 Å². The molecule has 14 nitrogen and oxygen atoms in total. The maximum Gasteiger partial charge on any atom is 0.303 e. The fraction of sp³-hybridized carbons (Fsp3) is 0.353. The first-order valence-electron chi connectivity index (χ1n) is 15.9. The Hall–Kier alpha value is -5.44. The number of amides is 1. The number of carboxylic acid groups (broad SMARTS) is 1. The van der Waals surface area contributed by atoms with E-state index in [-0.39, 0.29) is 34.9 Å². The number of nitrogens with one attached hydrogen (secondary N) is 1. The van der Waals surface area contributed by atoms with Crippen LogP contribution >= 0.6 is 11.3 Å². The molecule has 1 unspecified atom stereocenters. The normalized spacial score (nSPS) is 15.2. The van der Waals surface area contributed by atoms with Crippen LogP contribution < -0.4 is 20.5 Å². The Morgan fingerprint density at radius 2 is 1.94 bits per heavy atom. The van der Waals surface area contributed by atoms with Crippen LogP contribution in [0.1, 0.15) is 73.0 Å². The van der Waals surface area contributed by atoms with Crippen LogP contribution in [0.15, 0.2) is 52.8 Å². The number of nitrogens with zero attached hydrogens (tertiary/aromatic N) is 8. The molecule has 5 heterocycles. The number of hydrogen-bond acceptors (Lipinski definition) is 11. The van der Waals surface area contributed by atoms with Gasteiger partial charge in [0, 0.05) is 42.1 Å². The van der Waals surface area contributed by atoms with Gasteiger partial charge in [-0.15, -0.1) is 16.4 Å². The molecule has 0 spiro atoms. The Balaban J connectivity index is 1.35. The molecule has 1 aromatic carbocycles. The fourth-order valence-corrected chi connectivity index (χ4v) is 6.62. The molecule has 0 radical (unpaired) electrons. The number of anilines is 2. The molecule has 49 heavy (non-hydrogen) atoms. The molecule has 5 aromatic rings. The predicted octanol–water partition coefficient (Wildman–Crippen LogP) is 4.61. The quantitative estimate of drug-likeness (QED) is 0.211. The number of aliphatic carboxylic acids is 1.